The van der Waals surface area contributed by atoms with Crippen LogP contribution in [0, 0.1) is 6.92 Å². The van der Waals surface area contributed by atoms with Gasteiger partial charge in [-0.25, -0.2) is 9.97 Å². The summed E-state index contributed by atoms with van der Waals surface area (Å²) in [7, 11) is 0. The van der Waals surface area contributed by atoms with Crippen molar-refractivity contribution in [2.45, 2.75) is 17.8 Å². The summed E-state index contributed by atoms with van der Waals surface area (Å²) in [6, 6.07) is 5.20. The van der Waals surface area contributed by atoms with E-state index in [-0.39, 0.29) is 5.56 Å². The monoisotopic (exact) mass is 248 g/mol. The molecule has 0 saturated heterocycles. The number of hydrogen-bond donors (Lipinski definition) is 2. The summed E-state index contributed by atoms with van der Waals surface area (Å²) >= 11 is 1.43. The second-order valence-corrected chi connectivity index (χ2v) is 4.49. The molecule has 2 aromatic rings. The van der Waals surface area contributed by atoms with Gasteiger partial charge >= 0.3 is 0 Å². The molecule has 0 aromatic carbocycles. The topological polar surface area (TPSA) is 84.7 Å². The van der Waals surface area contributed by atoms with E-state index in [4.69, 9.17) is 5.73 Å². The lowest BCUT2D eigenvalue weighted by atomic mass is 10.3. The van der Waals surface area contributed by atoms with Crippen molar-refractivity contribution in [1.29, 1.82) is 0 Å². The van der Waals surface area contributed by atoms with Gasteiger partial charge in [0.2, 0.25) is 0 Å². The standard InChI is InChI=1S/C11H12N4OS/c1-7-5-9(16)15-11(14-7)17-6-8-3-2-4-13-10(8)12/h2-5H,6H2,1H3,(H2,12,13)(H,14,15,16). The summed E-state index contributed by atoms with van der Waals surface area (Å²) in [6.45, 7) is 1.79. The van der Waals surface area contributed by atoms with E-state index in [1.54, 1.807) is 13.1 Å². The van der Waals surface area contributed by atoms with Crippen molar-refractivity contribution in [2.75, 3.05) is 5.73 Å². The molecule has 0 fully saturated rings. The van der Waals surface area contributed by atoms with Gasteiger partial charge in [0.1, 0.15) is 5.82 Å². The van der Waals surface area contributed by atoms with Crippen molar-refractivity contribution in [2.24, 2.45) is 0 Å². The molecular weight excluding hydrogens is 236 g/mol. The lowest BCUT2D eigenvalue weighted by molar-refractivity contribution is 0.905. The summed E-state index contributed by atoms with van der Waals surface area (Å²) < 4.78 is 0. The number of aromatic amines is 1. The van der Waals surface area contributed by atoms with E-state index in [0.29, 0.717) is 22.4 Å². The molecule has 5 nitrogen and oxygen atoms in total. The number of anilines is 1. The first-order valence-electron chi connectivity index (χ1n) is 5.05. The Bertz CT molecular complexity index is 582. The van der Waals surface area contributed by atoms with E-state index >= 15 is 0 Å². The van der Waals surface area contributed by atoms with Crippen molar-refractivity contribution in [3.05, 3.63) is 46.0 Å². The lowest BCUT2D eigenvalue weighted by Gasteiger charge is -2.03. The summed E-state index contributed by atoms with van der Waals surface area (Å²) in [5, 5.41) is 0.596. The average molecular weight is 248 g/mol. The molecule has 0 aliphatic rings. The molecule has 3 N–H and O–H groups in total. The summed E-state index contributed by atoms with van der Waals surface area (Å²) in [4.78, 5) is 22.1. The van der Waals surface area contributed by atoms with Crippen molar-refractivity contribution in [1.82, 2.24) is 15.0 Å². The lowest BCUT2D eigenvalue weighted by Crippen LogP contribution is -2.08. The molecule has 0 radical (unpaired) electrons. The quantitative estimate of drug-likeness (QED) is 0.632. The highest BCUT2D eigenvalue weighted by molar-refractivity contribution is 7.98. The molecule has 0 unspecified atom stereocenters. The van der Waals surface area contributed by atoms with Crippen LogP contribution in [0.4, 0.5) is 5.82 Å². The number of nitrogens with two attached hydrogens (primary N) is 1. The SMILES string of the molecule is Cc1cc(=O)[nH]c(SCc2cccnc2N)n1. The van der Waals surface area contributed by atoms with Gasteiger partial charge in [-0.2, -0.15) is 0 Å². The molecule has 2 rings (SSSR count). The van der Waals surface area contributed by atoms with Crippen molar-refractivity contribution < 1.29 is 0 Å². The van der Waals surface area contributed by atoms with Crippen LogP contribution in [0.15, 0.2) is 34.3 Å². The molecule has 17 heavy (non-hydrogen) atoms. The summed E-state index contributed by atoms with van der Waals surface area (Å²) in [5.41, 5.74) is 7.22. The number of aryl methyl sites for hydroxylation is 1. The predicted octanol–water partition coefficient (Wildman–Crippen LogP) is 1.35. The van der Waals surface area contributed by atoms with Crippen LogP contribution in [0.5, 0.6) is 0 Å². The van der Waals surface area contributed by atoms with E-state index in [9.17, 15) is 4.79 Å². The van der Waals surface area contributed by atoms with Gasteiger partial charge < -0.3 is 10.7 Å². The van der Waals surface area contributed by atoms with Crippen molar-refractivity contribution in [3.63, 3.8) is 0 Å². The number of nitrogen functional groups attached to an aromatic ring is 1. The first-order chi connectivity index (χ1) is 8.15. The third kappa shape index (κ3) is 3.07. The van der Waals surface area contributed by atoms with Crippen LogP contribution in [0.1, 0.15) is 11.3 Å². The third-order valence-corrected chi connectivity index (χ3v) is 3.06. The number of hydrogen-bond acceptors (Lipinski definition) is 5. The van der Waals surface area contributed by atoms with E-state index < -0.39 is 0 Å². The number of nitrogens with one attached hydrogen (secondary N) is 1. The molecule has 2 heterocycles. The van der Waals surface area contributed by atoms with Crippen LogP contribution in [0.3, 0.4) is 0 Å². The van der Waals surface area contributed by atoms with Crippen LogP contribution in [-0.4, -0.2) is 15.0 Å². The van der Waals surface area contributed by atoms with E-state index in [1.165, 1.54) is 17.8 Å². The zero-order chi connectivity index (χ0) is 12.3. The Kier molecular flexibility index (Phi) is 3.43. The van der Waals surface area contributed by atoms with Gasteiger partial charge in [-0.05, 0) is 13.0 Å². The van der Waals surface area contributed by atoms with Crippen LogP contribution >= 0.6 is 11.8 Å². The van der Waals surface area contributed by atoms with Crippen molar-refractivity contribution >= 4 is 17.6 Å². The Morgan fingerprint density at radius 3 is 3.06 bits per heavy atom. The highest BCUT2D eigenvalue weighted by atomic mass is 32.2. The Labute approximate surface area is 103 Å². The Balaban J connectivity index is 2.13. The molecule has 0 bridgehead atoms. The van der Waals surface area contributed by atoms with Crippen LogP contribution in [0.25, 0.3) is 0 Å². The maximum atomic E-state index is 11.2. The molecule has 2 aromatic heterocycles. The number of aromatic nitrogens is 3. The molecule has 0 aliphatic carbocycles. The number of pyridine rings is 1. The molecule has 0 atom stereocenters. The van der Waals surface area contributed by atoms with E-state index in [1.807, 2.05) is 12.1 Å². The van der Waals surface area contributed by atoms with Gasteiger partial charge in [0.25, 0.3) is 5.56 Å². The van der Waals surface area contributed by atoms with Gasteiger partial charge in [0.05, 0.1) is 0 Å². The van der Waals surface area contributed by atoms with Crippen LogP contribution < -0.4 is 11.3 Å². The van der Waals surface area contributed by atoms with Gasteiger partial charge in [-0.1, -0.05) is 17.8 Å². The van der Waals surface area contributed by atoms with E-state index in [2.05, 4.69) is 15.0 Å². The summed E-state index contributed by atoms with van der Waals surface area (Å²) in [5.74, 6) is 1.14. The Morgan fingerprint density at radius 2 is 2.35 bits per heavy atom. The van der Waals surface area contributed by atoms with Gasteiger partial charge in [-0.15, -0.1) is 0 Å². The fourth-order valence-corrected chi connectivity index (χ4v) is 2.26. The van der Waals surface area contributed by atoms with Gasteiger partial charge in [0, 0.05) is 29.3 Å². The predicted molar refractivity (Wildman–Crippen MR) is 67.8 cm³/mol. The summed E-state index contributed by atoms with van der Waals surface area (Å²) in [6.07, 6.45) is 1.65. The second kappa shape index (κ2) is 5.01. The maximum absolute atomic E-state index is 11.2. The van der Waals surface area contributed by atoms with Crippen molar-refractivity contribution in [3.8, 4) is 0 Å². The average Bonchev–Trinajstić information content (AvgIpc) is 2.27. The molecule has 88 valence electrons. The largest absolute Gasteiger partial charge is 0.383 e. The molecule has 0 amide bonds. The third-order valence-electron chi connectivity index (χ3n) is 2.14. The van der Waals surface area contributed by atoms with Gasteiger partial charge in [-0.3, -0.25) is 4.79 Å². The minimum absolute atomic E-state index is 0.140. The number of nitrogens with zero attached hydrogens (tertiary/aromatic N) is 2. The second-order valence-electron chi connectivity index (χ2n) is 3.53. The smallest absolute Gasteiger partial charge is 0.251 e. The van der Waals surface area contributed by atoms with Gasteiger partial charge in [0.15, 0.2) is 5.16 Å². The Morgan fingerprint density at radius 1 is 1.53 bits per heavy atom. The van der Waals surface area contributed by atoms with E-state index in [0.717, 1.165) is 5.56 Å². The normalized spacial score (nSPS) is 10.4. The van der Waals surface area contributed by atoms with Crippen LogP contribution in [-0.2, 0) is 5.75 Å². The fraction of sp³-hybridized carbons (Fsp3) is 0.182. The fourth-order valence-electron chi connectivity index (χ4n) is 1.34. The Hall–Kier alpha value is -1.82. The minimum atomic E-state index is -0.140. The highest BCUT2D eigenvalue weighted by Gasteiger charge is 2.03. The number of rotatable bonds is 3. The molecule has 0 saturated carbocycles. The first-order valence-corrected chi connectivity index (χ1v) is 6.04. The molecule has 6 heteroatoms. The molecular formula is C11H12N4OS. The number of thioether (sulfide) groups is 1. The van der Waals surface area contributed by atoms with Crippen LogP contribution in [0.2, 0.25) is 0 Å². The first kappa shape index (κ1) is 11.7. The minimum Gasteiger partial charge on any atom is -0.383 e. The number of H-pyrrole nitrogens is 1. The zero-order valence-corrected chi connectivity index (χ0v) is 10.1. The highest BCUT2D eigenvalue weighted by Crippen LogP contribution is 2.20. The maximum Gasteiger partial charge on any atom is 0.251 e. The zero-order valence-electron chi connectivity index (χ0n) is 9.30. The molecule has 0 aliphatic heterocycles. The molecule has 0 spiro atoms.